The molecule has 4 aromatic rings. The molecule has 0 radical (unpaired) electrons. The summed E-state index contributed by atoms with van der Waals surface area (Å²) in [5, 5.41) is 23.2. The number of fused-ring (bicyclic) bond motifs is 1. The lowest BCUT2D eigenvalue weighted by molar-refractivity contribution is 0.481. The van der Waals surface area contributed by atoms with Crippen molar-refractivity contribution < 1.29 is 5.11 Å². The van der Waals surface area contributed by atoms with Crippen LogP contribution in [-0.4, -0.2) is 41.2 Å². The normalized spacial score (nSPS) is 9.95. The third-order valence-electron chi connectivity index (χ3n) is 4.96. The molecular weight excluding hydrogens is 476 g/mol. The van der Waals surface area contributed by atoms with Crippen molar-refractivity contribution in [3.05, 3.63) is 65.5 Å². The van der Waals surface area contributed by atoms with Gasteiger partial charge in [0.15, 0.2) is 0 Å². The number of aryl methyl sites for hydroxylation is 3. The second kappa shape index (κ2) is 15.8. The molecule has 4 rings (SSSR count). The van der Waals surface area contributed by atoms with Crippen LogP contribution in [0.15, 0.2) is 58.8 Å². The van der Waals surface area contributed by atoms with E-state index in [4.69, 9.17) is 5.73 Å². The van der Waals surface area contributed by atoms with Gasteiger partial charge in [0.25, 0.3) is 0 Å². The Hall–Kier alpha value is -4.27. The van der Waals surface area contributed by atoms with Crippen LogP contribution in [0.25, 0.3) is 10.8 Å². The molecule has 0 bridgehead atoms. The smallest absolute Gasteiger partial charge is 0.229 e. The molecule has 1 aromatic heterocycles. The lowest BCUT2D eigenvalue weighted by Crippen LogP contribution is -2.15. The lowest BCUT2D eigenvalue weighted by atomic mass is 10.0. The summed E-state index contributed by atoms with van der Waals surface area (Å²) in [5.74, 6) is 2.17. The van der Waals surface area contributed by atoms with Crippen molar-refractivity contribution in [3.8, 4) is 5.75 Å². The van der Waals surface area contributed by atoms with Crippen molar-refractivity contribution in [2.24, 2.45) is 10.2 Å². The van der Waals surface area contributed by atoms with E-state index in [0.717, 1.165) is 28.0 Å². The third-order valence-corrected chi connectivity index (χ3v) is 4.96. The molecule has 0 atom stereocenters. The van der Waals surface area contributed by atoms with Crippen LogP contribution in [0.3, 0.4) is 0 Å². The standard InChI is InChI=1S/C18H17N3O.C7H13N5.2C2H6/c1-11-8-13-10-12(2)17(19)18(16(13)15(22)9-11)21-20-14-6-4-3-5-7-14;1-5-9-6(8-2)11-7(10-5)12(3)4;2*1-2/h3-10,22H,19H2,1-2H3;1-4H3,(H,8,9,10,11);2*1-2H3. The van der Waals surface area contributed by atoms with E-state index in [-0.39, 0.29) is 5.75 Å². The number of phenolic OH excluding ortho intramolecular Hbond substituents is 1. The van der Waals surface area contributed by atoms with E-state index in [1.165, 1.54) is 0 Å². The fraction of sp³-hybridized carbons (Fsp3) is 0.345. The number of nitrogens with two attached hydrogens (primary N) is 1. The molecule has 0 aliphatic rings. The van der Waals surface area contributed by atoms with E-state index in [1.54, 1.807) is 13.1 Å². The van der Waals surface area contributed by atoms with Crippen LogP contribution in [0.5, 0.6) is 5.75 Å². The van der Waals surface area contributed by atoms with Crippen molar-refractivity contribution in [2.75, 3.05) is 37.1 Å². The minimum Gasteiger partial charge on any atom is -0.507 e. The topological polar surface area (TPSA) is 125 Å². The molecule has 0 saturated carbocycles. The second-order valence-corrected chi connectivity index (χ2v) is 8.02. The second-order valence-electron chi connectivity index (χ2n) is 8.02. The number of phenols is 1. The van der Waals surface area contributed by atoms with Gasteiger partial charge in [0.05, 0.1) is 16.8 Å². The predicted molar refractivity (Wildman–Crippen MR) is 161 cm³/mol. The maximum atomic E-state index is 10.3. The molecule has 9 nitrogen and oxygen atoms in total. The fourth-order valence-corrected chi connectivity index (χ4v) is 3.28. The Labute approximate surface area is 226 Å². The SMILES string of the molecule is CC.CC.CNc1nc(C)nc(N(C)C)n1.Cc1cc(O)c2c(N=Nc3ccccc3)c(N)c(C)cc2c1. The van der Waals surface area contributed by atoms with Crippen LogP contribution in [0.1, 0.15) is 44.6 Å². The third kappa shape index (κ3) is 8.69. The largest absolute Gasteiger partial charge is 0.507 e. The summed E-state index contributed by atoms with van der Waals surface area (Å²) in [6.45, 7) is 13.7. The first-order valence-electron chi connectivity index (χ1n) is 12.8. The first-order valence-corrected chi connectivity index (χ1v) is 12.8. The summed E-state index contributed by atoms with van der Waals surface area (Å²) in [4.78, 5) is 14.2. The summed E-state index contributed by atoms with van der Waals surface area (Å²) in [7, 11) is 5.58. The highest BCUT2D eigenvalue weighted by Gasteiger charge is 2.13. The van der Waals surface area contributed by atoms with Crippen LogP contribution in [-0.2, 0) is 0 Å². The molecule has 0 spiro atoms. The predicted octanol–water partition coefficient (Wildman–Crippen LogP) is 7.50. The van der Waals surface area contributed by atoms with E-state index < -0.39 is 0 Å². The number of aromatic hydroxyl groups is 1. The van der Waals surface area contributed by atoms with Gasteiger partial charge in [-0.1, -0.05) is 52.0 Å². The summed E-state index contributed by atoms with van der Waals surface area (Å²) in [5.41, 5.74) is 9.84. The van der Waals surface area contributed by atoms with Gasteiger partial charge in [-0.05, 0) is 61.5 Å². The van der Waals surface area contributed by atoms with Crippen LogP contribution in [0, 0.1) is 20.8 Å². The highest BCUT2D eigenvalue weighted by Crippen LogP contribution is 2.41. The Morgan fingerprint density at radius 3 is 2.08 bits per heavy atom. The highest BCUT2D eigenvalue weighted by atomic mass is 16.3. The minimum absolute atomic E-state index is 0.170. The lowest BCUT2D eigenvalue weighted by Gasteiger charge is -2.11. The van der Waals surface area contributed by atoms with E-state index in [9.17, 15) is 5.11 Å². The Balaban J connectivity index is 0.000000383. The van der Waals surface area contributed by atoms with E-state index in [2.05, 4.69) is 30.5 Å². The van der Waals surface area contributed by atoms with E-state index >= 15 is 0 Å². The molecular formula is C29H42N8O. The van der Waals surface area contributed by atoms with Crippen molar-refractivity contribution in [3.63, 3.8) is 0 Å². The highest BCUT2D eigenvalue weighted by molar-refractivity contribution is 6.03. The van der Waals surface area contributed by atoms with Gasteiger partial charge in [-0.15, -0.1) is 5.11 Å². The van der Waals surface area contributed by atoms with Gasteiger partial charge >= 0.3 is 0 Å². The zero-order chi connectivity index (χ0) is 28.8. The molecule has 0 unspecified atom stereocenters. The quantitative estimate of drug-likeness (QED) is 0.189. The van der Waals surface area contributed by atoms with Crippen LogP contribution >= 0.6 is 0 Å². The van der Waals surface area contributed by atoms with Crippen molar-refractivity contribution >= 4 is 39.7 Å². The Kier molecular flexibility index (Phi) is 13.2. The van der Waals surface area contributed by atoms with Gasteiger partial charge in [0.1, 0.15) is 17.3 Å². The number of nitrogens with zero attached hydrogens (tertiary/aromatic N) is 6. The maximum absolute atomic E-state index is 10.3. The van der Waals surface area contributed by atoms with Gasteiger partial charge < -0.3 is 21.1 Å². The molecule has 0 saturated heterocycles. The summed E-state index contributed by atoms with van der Waals surface area (Å²) >= 11 is 0. The zero-order valence-corrected chi connectivity index (χ0v) is 24.3. The number of rotatable bonds is 4. The molecule has 0 amide bonds. The maximum Gasteiger partial charge on any atom is 0.229 e. The molecule has 3 aromatic carbocycles. The van der Waals surface area contributed by atoms with E-state index in [1.807, 2.05) is 110 Å². The number of nitrogens with one attached hydrogen (secondary N) is 1. The molecule has 0 aliphatic carbocycles. The first kappa shape index (κ1) is 31.8. The number of anilines is 3. The van der Waals surface area contributed by atoms with Gasteiger partial charge in [-0.2, -0.15) is 20.1 Å². The van der Waals surface area contributed by atoms with Crippen LogP contribution < -0.4 is 16.0 Å². The zero-order valence-electron chi connectivity index (χ0n) is 24.3. The monoisotopic (exact) mass is 518 g/mol. The minimum atomic E-state index is 0.170. The van der Waals surface area contributed by atoms with E-state index in [0.29, 0.717) is 28.7 Å². The number of benzene rings is 3. The summed E-state index contributed by atoms with van der Waals surface area (Å²) in [6.07, 6.45) is 0. The van der Waals surface area contributed by atoms with Crippen molar-refractivity contribution in [1.82, 2.24) is 15.0 Å². The molecule has 38 heavy (non-hydrogen) atoms. The Morgan fingerprint density at radius 1 is 0.868 bits per heavy atom. The van der Waals surface area contributed by atoms with Crippen LogP contribution in [0.2, 0.25) is 0 Å². The molecule has 0 aliphatic heterocycles. The molecule has 9 heteroatoms. The Morgan fingerprint density at radius 2 is 1.50 bits per heavy atom. The van der Waals surface area contributed by atoms with Crippen molar-refractivity contribution in [2.45, 2.75) is 48.5 Å². The van der Waals surface area contributed by atoms with Gasteiger partial charge in [0.2, 0.25) is 11.9 Å². The molecule has 1 heterocycles. The number of nitrogen functional groups attached to an aromatic ring is 1. The summed E-state index contributed by atoms with van der Waals surface area (Å²) in [6, 6.07) is 15.1. The molecule has 4 N–H and O–H groups in total. The van der Waals surface area contributed by atoms with Gasteiger partial charge in [-0.25, -0.2) is 0 Å². The number of hydrogen-bond acceptors (Lipinski definition) is 9. The Bertz CT molecular complexity index is 1320. The number of hydrogen-bond donors (Lipinski definition) is 3. The molecule has 0 fully saturated rings. The first-order chi connectivity index (χ1) is 18.2. The van der Waals surface area contributed by atoms with Crippen LogP contribution in [0.4, 0.5) is 29.0 Å². The summed E-state index contributed by atoms with van der Waals surface area (Å²) < 4.78 is 0. The van der Waals surface area contributed by atoms with Crippen molar-refractivity contribution in [1.29, 1.82) is 0 Å². The average molecular weight is 519 g/mol. The average Bonchev–Trinajstić information content (AvgIpc) is 2.92. The fourth-order valence-electron chi connectivity index (χ4n) is 3.28. The van der Waals surface area contributed by atoms with Gasteiger partial charge in [-0.3, -0.25) is 0 Å². The molecule has 204 valence electrons. The number of aromatic nitrogens is 3. The van der Waals surface area contributed by atoms with Gasteiger partial charge in [0, 0.05) is 21.1 Å². The number of azo groups is 1.